The molecule has 4 nitrogen and oxygen atoms in total. The molecule has 0 bridgehead atoms. The summed E-state index contributed by atoms with van der Waals surface area (Å²) in [5.74, 6) is -0.109. The molecule has 0 saturated carbocycles. The van der Waals surface area contributed by atoms with Crippen LogP contribution in [0.4, 0.5) is 5.69 Å². The summed E-state index contributed by atoms with van der Waals surface area (Å²) in [6, 6.07) is 3.97. The van der Waals surface area contributed by atoms with E-state index in [-0.39, 0.29) is 11.9 Å². The van der Waals surface area contributed by atoms with Gasteiger partial charge in [0.15, 0.2) is 0 Å². The molecule has 0 fully saturated rings. The van der Waals surface area contributed by atoms with Gasteiger partial charge in [0, 0.05) is 17.1 Å². The number of nitrogens with two attached hydrogens (primary N) is 1. The molecule has 0 aliphatic rings. The van der Waals surface area contributed by atoms with E-state index in [9.17, 15) is 4.79 Å². The average Bonchev–Trinajstić information content (AvgIpc) is 2.66. The number of fused-ring (bicyclic) bond motifs is 1. The van der Waals surface area contributed by atoms with Crippen LogP contribution in [-0.4, -0.2) is 16.9 Å². The van der Waals surface area contributed by atoms with Gasteiger partial charge in [0.1, 0.15) is 9.71 Å². The normalized spacial score (nSPS) is 12.6. The molecular weight excluding hydrogens is 246 g/mol. The number of nitrogens with one attached hydrogen (secondary N) is 1. The molecule has 2 aromatic heterocycles. The van der Waals surface area contributed by atoms with E-state index < -0.39 is 0 Å². The SMILES string of the molecule is CCC(C)NC(=O)c1sc2nc(C)ccc2c1N. The zero-order valence-electron chi connectivity index (χ0n) is 10.8. The lowest BCUT2D eigenvalue weighted by Crippen LogP contribution is -2.31. The van der Waals surface area contributed by atoms with Crippen molar-refractivity contribution in [2.75, 3.05) is 5.73 Å². The molecule has 18 heavy (non-hydrogen) atoms. The molecule has 3 N–H and O–H groups in total. The molecule has 0 aliphatic carbocycles. The maximum atomic E-state index is 12.1. The number of amides is 1. The number of hydrogen-bond acceptors (Lipinski definition) is 4. The highest BCUT2D eigenvalue weighted by Crippen LogP contribution is 2.32. The molecule has 0 spiro atoms. The fourth-order valence-corrected chi connectivity index (χ4v) is 2.69. The second-order valence-electron chi connectivity index (χ2n) is 4.43. The molecule has 0 aliphatic heterocycles. The first-order valence-corrected chi connectivity index (χ1v) is 6.81. The van der Waals surface area contributed by atoms with Crippen LogP contribution in [0.5, 0.6) is 0 Å². The zero-order valence-corrected chi connectivity index (χ0v) is 11.6. The Hall–Kier alpha value is -1.62. The second kappa shape index (κ2) is 4.94. The van der Waals surface area contributed by atoms with Crippen LogP contribution in [0.25, 0.3) is 10.2 Å². The van der Waals surface area contributed by atoms with Crippen LogP contribution in [0.1, 0.15) is 35.6 Å². The topological polar surface area (TPSA) is 68.0 Å². The maximum Gasteiger partial charge on any atom is 0.263 e. The molecule has 5 heteroatoms. The first-order valence-electron chi connectivity index (χ1n) is 5.99. The van der Waals surface area contributed by atoms with Gasteiger partial charge >= 0.3 is 0 Å². The maximum absolute atomic E-state index is 12.1. The standard InChI is InChI=1S/C13H17N3OS/c1-4-7(2)15-12(17)11-10(14)9-6-5-8(3)16-13(9)18-11/h5-7H,4,14H2,1-3H3,(H,15,17). The molecule has 2 aromatic rings. The number of aromatic nitrogens is 1. The minimum absolute atomic E-state index is 0.109. The quantitative estimate of drug-likeness (QED) is 0.894. The number of pyridine rings is 1. The minimum atomic E-state index is -0.109. The van der Waals surface area contributed by atoms with E-state index in [4.69, 9.17) is 5.73 Å². The van der Waals surface area contributed by atoms with E-state index in [1.165, 1.54) is 11.3 Å². The number of rotatable bonds is 3. The Bertz CT molecular complexity index is 591. The van der Waals surface area contributed by atoms with Crippen LogP contribution in [0.2, 0.25) is 0 Å². The Morgan fingerprint density at radius 2 is 2.28 bits per heavy atom. The van der Waals surface area contributed by atoms with Gasteiger partial charge in [0.2, 0.25) is 0 Å². The highest BCUT2D eigenvalue weighted by molar-refractivity contribution is 7.21. The highest BCUT2D eigenvalue weighted by Gasteiger charge is 2.18. The van der Waals surface area contributed by atoms with Gasteiger partial charge < -0.3 is 11.1 Å². The van der Waals surface area contributed by atoms with Gasteiger partial charge in [0.25, 0.3) is 5.91 Å². The molecule has 1 unspecified atom stereocenters. The molecule has 0 saturated heterocycles. The molecule has 2 heterocycles. The van der Waals surface area contributed by atoms with Crippen molar-refractivity contribution in [3.63, 3.8) is 0 Å². The van der Waals surface area contributed by atoms with Crippen LogP contribution in [0, 0.1) is 6.92 Å². The lowest BCUT2D eigenvalue weighted by molar-refractivity contribution is 0.0944. The third-order valence-corrected chi connectivity index (χ3v) is 4.04. The molecule has 0 radical (unpaired) electrons. The van der Waals surface area contributed by atoms with Crippen molar-refractivity contribution in [3.8, 4) is 0 Å². The van der Waals surface area contributed by atoms with Crippen molar-refractivity contribution in [3.05, 3.63) is 22.7 Å². The first-order chi connectivity index (χ1) is 8.52. The lowest BCUT2D eigenvalue weighted by atomic mass is 10.2. The van der Waals surface area contributed by atoms with E-state index in [0.29, 0.717) is 10.6 Å². The van der Waals surface area contributed by atoms with Crippen LogP contribution >= 0.6 is 11.3 Å². The molecule has 1 atom stereocenters. The summed E-state index contributed by atoms with van der Waals surface area (Å²) < 4.78 is 0. The Labute approximate surface area is 110 Å². The smallest absolute Gasteiger partial charge is 0.263 e. The number of hydrogen-bond donors (Lipinski definition) is 2. The molecule has 2 rings (SSSR count). The van der Waals surface area contributed by atoms with Crippen LogP contribution in [0.15, 0.2) is 12.1 Å². The fourth-order valence-electron chi connectivity index (χ4n) is 1.65. The number of nitrogens with zero attached hydrogens (tertiary/aromatic N) is 1. The summed E-state index contributed by atoms with van der Waals surface area (Å²) in [6.07, 6.45) is 0.897. The number of nitrogen functional groups attached to an aromatic ring is 1. The summed E-state index contributed by atoms with van der Waals surface area (Å²) in [4.78, 5) is 17.9. The summed E-state index contributed by atoms with van der Waals surface area (Å²) in [5.41, 5.74) is 7.48. The third kappa shape index (κ3) is 2.31. The predicted octanol–water partition coefficient (Wildman–Crippen LogP) is 2.72. The van der Waals surface area contributed by atoms with E-state index in [2.05, 4.69) is 10.3 Å². The van der Waals surface area contributed by atoms with Crippen molar-refractivity contribution in [1.29, 1.82) is 0 Å². The Balaban J connectivity index is 2.39. The largest absolute Gasteiger partial charge is 0.397 e. The van der Waals surface area contributed by atoms with Gasteiger partial charge in [-0.05, 0) is 32.4 Å². The molecule has 1 amide bonds. The van der Waals surface area contributed by atoms with E-state index in [1.807, 2.05) is 32.9 Å². The van der Waals surface area contributed by atoms with Gasteiger partial charge in [-0.15, -0.1) is 11.3 Å². The van der Waals surface area contributed by atoms with Crippen molar-refractivity contribution in [2.45, 2.75) is 33.2 Å². The van der Waals surface area contributed by atoms with Crippen molar-refractivity contribution < 1.29 is 4.79 Å². The second-order valence-corrected chi connectivity index (χ2v) is 5.43. The number of aryl methyl sites for hydroxylation is 1. The van der Waals surface area contributed by atoms with Gasteiger partial charge in [-0.2, -0.15) is 0 Å². The van der Waals surface area contributed by atoms with E-state index in [1.54, 1.807) is 0 Å². The minimum Gasteiger partial charge on any atom is -0.397 e. The Morgan fingerprint density at radius 1 is 1.56 bits per heavy atom. The monoisotopic (exact) mass is 263 g/mol. The Morgan fingerprint density at radius 3 is 2.94 bits per heavy atom. The van der Waals surface area contributed by atoms with Crippen molar-refractivity contribution in [2.24, 2.45) is 0 Å². The molecule has 0 aromatic carbocycles. The summed E-state index contributed by atoms with van der Waals surface area (Å²) in [6.45, 7) is 5.93. The average molecular weight is 263 g/mol. The van der Waals surface area contributed by atoms with Gasteiger partial charge in [-0.1, -0.05) is 6.92 Å². The number of carbonyl (C=O) groups is 1. The Kier molecular flexibility index (Phi) is 3.52. The summed E-state index contributed by atoms with van der Waals surface area (Å²) in [7, 11) is 0. The molecular formula is C13H17N3OS. The van der Waals surface area contributed by atoms with Crippen molar-refractivity contribution in [1.82, 2.24) is 10.3 Å². The predicted molar refractivity (Wildman–Crippen MR) is 76.0 cm³/mol. The van der Waals surface area contributed by atoms with Crippen LogP contribution in [-0.2, 0) is 0 Å². The first kappa shape index (κ1) is 12.8. The van der Waals surface area contributed by atoms with E-state index in [0.717, 1.165) is 22.3 Å². The zero-order chi connectivity index (χ0) is 13.3. The summed E-state index contributed by atoms with van der Waals surface area (Å²) in [5, 5.41) is 3.79. The van der Waals surface area contributed by atoms with Gasteiger partial charge in [-0.3, -0.25) is 4.79 Å². The fraction of sp³-hybridized carbons (Fsp3) is 0.385. The van der Waals surface area contributed by atoms with Crippen LogP contribution < -0.4 is 11.1 Å². The number of anilines is 1. The van der Waals surface area contributed by atoms with Gasteiger partial charge in [0.05, 0.1) is 5.69 Å². The van der Waals surface area contributed by atoms with Gasteiger partial charge in [-0.25, -0.2) is 4.98 Å². The summed E-state index contributed by atoms with van der Waals surface area (Å²) >= 11 is 1.35. The van der Waals surface area contributed by atoms with Crippen molar-refractivity contribution >= 4 is 33.1 Å². The highest BCUT2D eigenvalue weighted by atomic mass is 32.1. The van der Waals surface area contributed by atoms with E-state index >= 15 is 0 Å². The molecule has 96 valence electrons. The third-order valence-electron chi connectivity index (χ3n) is 2.93. The lowest BCUT2D eigenvalue weighted by Gasteiger charge is -2.10. The van der Waals surface area contributed by atoms with Crippen LogP contribution in [0.3, 0.4) is 0 Å². The number of carbonyl (C=O) groups excluding carboxylic acids is 1. The number of thiophene rings is 1.